The van der Waals surface area contributed by atoms with Gasteiger partial charge in [0.1, 0.15) is 23.1 Å². The molecule has 29 heavy (non-hydrogen) atoms. The standard InChI is InChI=1S/C19H23F3N2O5/c1-2-7-28-12-3-4-13(15(10-12)19(20,21)22)16-11-17(29-24-16)14(18(23)26)5-8-27-9-6-25/h3-4,10-11,14,25H,2,5-9H2,1H3,(H2,23,26). The molecule has 0 saturated carbocycles. The molecule has 1 heterocycles. The Bertz CT molecular complexity index is 807. The number of benzene rings is 1. The third-order valence-corrected chi connectivity index (χ3v) is 4.05. The molecule has 0 saturated heterocycles. The van der Waals surface area contributed by atoms with Gasteiger partial charge < -0.3 is 24.8 Å². The third-order valence-electron chi connectivity index (χ3n) is 4.05. The second-order valence-corrected chi connectivity index (χ2v) is 6.25. The molecule has 0 aliphatic carbocycles. The Kier molecular flexibility index (Phi) is 8.03. The fourth-order valence-electron chi connectivity index (χ4n) is 2.66. The monoisotopic (exact) mass is 416 g/mol. The Hall–Kier alpha value is -2.59. The number of aliphatic hydroxyl groups excluding tert-OH is 1. The molecule has 2 aromatic rings. The van der Waals surface area contributed by atoms with Crippen molar-refractivity contribution in [3.05, 3.63) is 35.6 Å². The summed E-state index contributed by atoms with van der Waals surface area (Å²) in [5.41, 5.74) is 4.18. The van der Waals surface area contributed by atoms with Gasteiger partial charge in [0.2, 0.25) is 5.91 Å². The lowest BCUT2D eigenvalue weighted by Crippen LogP contribution is -2.22. The van der Waals surface area contributed by atoms with Crippen molar-refractivity contribution in [2.45, 2.75) is 31.9 Å². The normalized spacial score (nSPS) is 12.7. The number of carbonyl (C=O) groups is 1. The molecule has 1 amide bonds. The van der Waals surface area contributed by atoms with Gasteiger partial charge in [0.15, 0.2) is 0 Å². The zero-order valence-corrected chi connectivity index (χ0v) is 15.9. The fourth-order valence-corrected chi connectivity index (χ4v) is 2.66. The van der Waals surface area contributed by atoms with Gasteiger partial charge in [-0.15, -0.1) is 0 Å². The van der Waals surface area contributed by atoms with E-state index in [1.54, 1.807) is 0 Å². The maximum Gasteiger partial charge on any atom is 0.417 e. The van der Waals surface area contributed by atoms with Gasteiger partial charge in [0.05, 0.1) is 25.4 Å². The molecule has 10 heteroatoms. The molecule has 0 aliphatic heterocycles. The van der Waals surface area contributed by atoms with E-state index in [2.05, 4.69) is 5.16 Å². The Balaban J connectivity index is 2.31. The van der Waals surface area contributed by atoms with E-state index in [4.69, 9.17) is 24.8 Å². The summed E-state index contributed by atoms with van der Waals surface area (Å²) >= 11 is 0. The minimum Gasteiger partial charge on any atom is -0.494 e. The molecular formula is C19H23F3N2O5. The number of amides is 1. The second kappa shape index (κ2) is 10.3. The summed E-state index contributed by atoms with van der Waals surface area (Å²) in [7, 11) is 0. The van der Waals surface area contributed by atoms with Crippen molar-refractivity contribution in [2.24, 2.45) is 5.73 Å². The van der Waals surface area contributed by atoms with Gasteiger partial charge in [-0.2, -0.15) is 13.2 Å². The van der Waals surface area contributed by atoms with Gasteiger partial charge in [-0.3, -0.25) is 4.79 Å². The lowest BCUT2D eigenvalue weighted by molar-refractivity contribution is -0.137. The Morgan fingerprint density at radius 1 is 1.28 bits per heavy atom. The minimum absolute atomic E-state index is 0.0412. The first-order valence-electron chi connectivity index (χ1n) is 9.06. The van der Waals surface area contributed by atoms with Crippen LogP contribution in [0.25, 0.3) is 11.3 Å². The molecule has 1 unspecified atom stereocenters. The predicted molar refractivity (Wildman–Crippen MR) is 97.2 cm³/mol. The topological polar surface area (TPSA) is 108 Å². The number of halogens is 3. The number of nitrogens with two attached hydrogens (primary N) is 1. The van der Waals surface area contributed by atoms with Crippen LogP contribution in [0.4, 0.5) is 13.2 Å². The van der Waals surface area contributed by atoms with Gasteiger partial charge in [0, 0.05) is 18.2 Å². The van der Waals surface area contributed by atoms with Gasteiger partial charge >= 0.3 is 6.18 Å². The Labute approximate surface area is 165 Å². The predicted octanol–water partition coefficient (Wildman–Crippen LogP) is 3.12. The summed E-state index contributed by atoms with van der Waals surface area (Å²) < 4.78 is 56.1. The Morgan fingerprint density at radius 3 is 2.66 bits per heavy atom. The molecule has 0 bridgehead atoms. The molecule has 1 aromatic carbocycles. The number of primary amides is 1. The molecule has 0 spiro atoms. The van der Waals surface area contributed by atoms with Crippen LogP contribution in [-0.4, -0.2) is 42.6 Å². The number of aliphatic hydroxyl groups is 1. The molecule has 0 fully saturated rings. The van der Waals surface area contributed by atoms with Crippen LogP contribution in [0.15, 0.2) is 28.8 Å². The number of hydrogen-bond donors (Lipinski definition) is 2. The van der Waals surface area contributed by atoms with E-state index in [1.807, 2.05) is 6.92 Å². The molecule has 160 valence electrons. The number of carbonyl (C=O) groups excluding carboxylic acids is 1. The van der Waals surface area contributed by atoms with E-state index in [0.717, 1.165) is 6.07 Å². The number of hydrogen-bond acceptors (Lipinski definition) is 6. The highest BCUT2D eigenvalue weighted by atomic mass is 19.4. The quantitative estimate of drug-likeness (QED) is 0.545. The zero-order valence-electron chi connectivity index (χ0n) is 15.9. The van der Waals surface area contributed by atoms with E-state index >= 15 is 0 Å². The fraction of sp³-hybridized carbons (Fsp3) is 0.474. The Morgan fingerprint density at radius 2 is 2.03 bits per heavy atom. The average Bonchev–Trinajstić information content (AvgIpc) is 3.14. The van der Waals surface area contributed by atoms with Crippen molar-refractivity contribution in [1.82, 2.24) is 5.16 Å². The third kappa shape index (κ3) is 6.20. The average molecular weight is 416 g/mol. The van der Waals surface area contributed by atoms with E-state index in [9.17, 15) is 18.0 Å². The largest absolute Gasteiger partial charge is 0.494 e. The minimum atomic E-state index is -4.64. The van der Waals surface area contributed by atoms with Crippen LogP contribution in [0.3, 0.4) is 0 Å². The van der Waals surface area contributed by atoms with Crippen LogP contribution in [0.5, 0.6) is 5.75 Å². The number of nitrogens with zero attached hydrogens (tertiary/aromatic N) is 1. The zero-order chi connectivity index (χ0) is 21.4. The van der Waals surface area contributed by atoms with Gasteiger partial charge in [-0.25, -0.2) is 0 Å². The van der Waals surface area contributed by atoms with Crippen molar-refractivity contribution < 1.29 is 37.1 Å². The van der Waals surface area contributed by atoms with Crippen molar-refractivity contribution in [3.63, 3.8) is 0 Å². The summed E-state index contributed by atoms with van der Waals surface area (Å²) in [6, 6.07) is 4.84. The first kappa shape index (κ1) is 22.7. The summed E-state index contributed by atoms with van der Waals surface area (Å²) in [6.45, 7) is 2.17. The molecule has 1 aromatic heterocycles. The van der Waals surface area contributed by atoms with Crippen LogP contribution in [0.1, 0.15) is 37.0 Å². The van der Waals surface area contributed by atoms with Crippen LogP contribution < -0.4 is 10.5 Å². The second-order valence-electron chi connectivity index (χ2n) is 6.25. The molecule has 7 nitrogen and oxygen atoms in total. The molecule has 0 radical (unpaired) electrons. The number of ether oxygens (including phenoxy) is 2. The van der Waals surface area contributed by atoms with Crippen LogP contribution >= 0.6 is 0 Å². The van der Waals surface area contributed by atoms with E-state index < -0.39 is 23.6 Å². The van der Waals surface area contributed by atoms with Crippen molar-refractivity contribution in [1.29, 1.82) is 0 Å². The first-order chi connectivity index (χ1) is 13.8. The lowest BCUT2D eigenvalue weighted by Gasteiger charge is -2.13. The highest BCUT2D eigenvalue weighted by Crippen LogP contribution is 2.39. The number of rotatable bonds is 11. The van der Waals surface area contributed by atoms with E-state index in [-0.39, 0.29) is 49.0 Å². The molecular weight excluding hydrogens is 393 g/mol. The van der Waals surface area contributed by atoms with E-state index in [1.165, 1.54) is 18.2 Å². The van der Waals surface area contributed by atoms with Gasteiger partial charge in [-0.05, 0) is 31.0 Å². The molecule has 3 N–H and O–H groups in total. The van der Waals surface area contributed by atoms with Crippen LogP contribution in [0.2, 0.25) is 0 Å². The maximum atomic E-state index is 13.5. The lowest BCUT2D eigenvalue weighted by atomic mass is 9.99. The first-order valence-corrected chi connectivity index (χ1v) is 9.06. The SMILES string of the molecule is CCCOc1ccc(-c2cc(C(CCOCCO)C(N)=O)on2)c(C(F)(F)F)c1. The molecule has 1 atom stereocenters. The summed E-state index contributed by atoms with van der Waals surface area (Å²) in [5.74, 6) is -1.50. The summed E-state index contributed by atoms with van der Waals surface area (Å²) in [6.07, 6.45) is -3.84. The summed E-state index contributed by atoms with van der Waals surface area (Å²) in [5, 5.41) is 12.4. The smallest absolute Gasteiger partial charge is 0.417 e. The van der Waals surface area contributed by atoms with Crippen molar-refractivity contribution in [3.8, 4) is 17.0 Å². The molecule has 0 aliphatic rings. The van der Waals surface area contributed by atoms with Gasteiger partial charge in [0.25, 0.3) is 0 Å². The number of alkyl halides is 3. The highest BCUT2D eigenvalue weighted by Gasteiger charge is 2.35. The van der Waals surface area contributed by atoms with Crippen LogP contribution in [-0.2, 0) is 15.7 Å². The molecule has 2 rings (SSSR count). The van der Waals surface area contributed by atoms with Crippen molar-refractivity contribution >= 4 is 5.91 Å². The maximum absolute atomic E-state index is 13.5. The number of aromatic nitrogens is 1. The summed E-state index contributed by atoms with van der Waals surface area (Å²) in [4.78, 5) is 11.7. The van der Waals surface area contributed by atoms with Crippen LogP contribution in [0, 0.1) is 0 Å². The van der Waals surface area contributed by atoms with Crippen molar-refractivity contribution in [2.75, 3.05) is 26.4 Å². The van der Waals surface area contributed by atoms with E-state index in [0.29, 0.717) is 13.0 Å². The van der Waals surface area contributed by atoms with Gasteiger partial charge in [-0.1, -0.05) is 12.1 Å². The highest BCUT2D eigenvalue weighted by molar-refractivity contribution is 5.81.